The zero-order valence-corrected chi connectivity index (χ0v) is 17.4. The average Bonchev–Trinajstić information content (AvgIpc) is 2.82. The molecule has 9 heteroatoms. The molecule has 0 saturated carbocycles. The highest BCUT2D eigenvalue weighted by atomic mass is 19.1. The number of anilines is 1. The van der Waals surface area contributed by atoms with Crippen molar-refractivity contribution in [2.45, 2.75) is 6.61 Å². The second-order valence-corrected chi connectivity index (χ2v) is 6.71. The first-order chi connectivity index (χ1) is 15.9. The molecular weight excluding hydrogens is 429 g/mol. The number of rotatable bonds is 8. The van der Waals surface area contributed by atoms with Crippen LogP contribution in [0.25, 0.3) is 6.08 Å². The Morgan fingerprint density at radius 3 is 2.55 bits per heavy atom. The number of carbonyl (C=O) groups excluding carboxylic acids is 1. The van der Waals surface area contributed by atoms with E-state index >= 15 is 0 Å². The maximum Gasteiger partial charge on any atom is 0.271 e. The second-order valence-electron chi connectivity index (χ2n) is 6.71. The normalized spacial score (nSPS) is 10.8. The Labute approximate surface area is 188 Å². The molecule has 8 nitrogen and oxygen atoms in total. The van der Waals surface area contributed by atoms with Gasteiger partial charge in [0.1, 0.15) is 35.6 Å². The lowest BCUT2D eigenvalue weighted by atomic mass is 10.1. The largest absolute Gasteiger partial charge is 0.495 e. The minimum absolute atomic E-state index is 0.0543. The van der Waals surface area contributed by atoms with Gasteiger partial charge in [-0.2, -0.15) is 5.26 Å². The molecule has 33 heavy (non-hydrogen) atoms. The predicted octanol–water partition coefficient (Wildman–Crippen LogP) is 4.87. The zero-order valence-electron chi connectivity index (χ0n) is 17.4. The summed E-state index contributed by atoms with van der Waals surface area (Å²) in [7, 11) is 1.35. The summed E-state index contributed by atoms with van der Waals surface area (Å²) in [6.07, 6.45) is 1.36. The lowest BCUT2D eigenvalue weighted by molar-refractivity contribution is -0.384. The first-order valence-electron chi connectivity index (χ1n) is 9.63. The van der Waals surface area contributed by atoms with Gasteiger partial charge in [0.2, 0.25) is 0 Å². The molecule has 166 valence electrons. The van der Waals surface area contributed by atoms with E-state index < -0.39 is 10.8 Å². The molecule has 3 aromatic carbocycles. The van der Waals surface area contributed by atoms with Gasteiger partial charge in [0.25, 0.3) is 11.6 Å². The van der Waals surface area contributed by atoms with Crippen molar-refractivity contribution in [1.29, 1.82) is 5.26 Å². The number of nitro benzene ring substituents is 1. The van der Waals surface area contributed by atoms with E-state index in [2.05, 4.69) is 5.32 Å². The Morgan fingerprint density at radius 2 is 1.91 bits per heavy atom. The molecule has 1 N–H and O–H groups in total. The number of nitrogens with zero attached hydrogens (tertiary/aromatic N) is 2. The van der Waals surface area contributed by atoms with Crippen molar-refractivity contribution in [2.75, 3.05) is 12.4 Å². The van der Waals surface area contributed by atoms with Gasteiger partial charge in [0.05, 0.1) is 17.7 Å². The van der Waals surface area contributed by atoms with Crippen LogP contribution in [0.5, 0.6) is 11.5 Å². The predicted molar refractivity (Wildman–Crippen MR) is 119 cm³/mol. The number of methoxy groups -OCH3 is 1. The second kappa shape index (κ2) is 10.5. The number of nitrogens with one attached hydrogen (secondary N) is 1. The van der Waals surface area contributed by atoms with Crippen LogP contribution in [0.3, 0.4) is 0 Å². The third kappa shape index (κ3) is 5.92. The van der Waals surface area contributed by atoms with Crippen LogP contribution < -0.4 is 14.8 Å². The summed E-state index contributed by atoms with van der Waals surface area (Å²) in [5.74, 6) is -0.416. The first-order valence-corrected chi connectivity index (χ1v) is 9.63. The molecule has 0 unspecified atom stereocenters. The van der Waals surface area contributed by atoms with Crippen molar-refractivity contribution in [1.82, 2.24) is 0 Å². The Hall–Kier alpha value is -4.71. The van der Waals surface area contributed by atoms with Crippen LogP contribution in [0.1, 0.15) is 11.1 Å². The van der Waals surface area contributed by atoms with Gasteiger partial charge in [0.15, 0.2) is 0 Å². The summed E-state index contributed by atoms with van der Waals surface area (Å²) in [4.78, 5) is 23.0. The topological polar surface area (TPSA) is 114 Å². The van der Waals surface area contributed by atoms with E-state index in [1.54, 1.807) is 42.5 Å². The molecule has 0 aliphatic heterocycles. The number of hydrogen-bond acceptors (Lipinski definition) is 6. The van der Waals surface area contributed by atoms with E-state index in [1.807, 2.05) is 6.07 Å². The number of ether oxygens (including phenoxy) is 2. The van der Waals surface area contributed by atoms with E-state index in [1.165, 1.54) is 31.4 Å². The fraction of sp³-hybridized carbons (Fsp3) is 0.0833. The first kappa shape index (κ1) is 23.0. The van der Waals surface area contributed by atoms with Crippen molar-refractivity contribution < 1.29 is 23.6 Å². The van der Waals surface area contributed by atoms with E-state index in [0.29, 0.717) is 16.9 Å². The van der Waals surface area contributed by atoms with Gasteiger partial charge in [-0.1, -0.05) is 30.3 Å². The molecule has 0 saturated heterocycles. The highest BCUT2D eigenvalue weighted by molar-refractivity contribution is 6.10. The molecule has 3 aromatic rings. The highest BCUT2D eigenvalue weighted by Crippen LogP contribution is 2.29. The van der Waals surface area contributed by atoms with Crippen LogP contribution in [0, 0.1) is 27.3 Å². The molecular formula is C24H18FN3O5. The van der Waals surface area contributed by atoms with Crippen LogP contribution in [-0.4, -0.2) is 17.9 Å². The number of hydrogen-bond donors (Lipinski definition) is 1. The van der Waals surface area contributed by atoms with Crippen LogP contribution in [0.15, 0.2) is 72.3 Å². The van der Waals surface area contributed by atoms with Crippen molar-refractivity contribution >= 4 is 23.4 Å². The van der Waals surface area contributed by atoms with Crippen LogP contribution in [0.4, 0.5) is 15.8 Å². The van der Waals surface area contributed by atoms with Gasteiger partial charge in [-0.3, -0.25) is 14.9 Å². The number of nitriles is 1. The third-order valence-corrected chi connectivity index (χ3v) is 4.55. The van der Waals surface area contributed by atoms with E-state index in [0.717, 1.165) is 6.07 Å². The quantitative estimate of drug-likeness (QED) is 0.228. The van der Waals surface area contributed by atoms with Crippen LogP contribution >= 0.6 is 0 Å². The Morgan fingerprint density at radius 1 is 1.18 bits per heavy atom. The molecule has 1 amide bonds. The molecule has 0 bridgehead atoms. The average molecular weight is 447 g/mol. The van der Waals surface area contributed by atoms with Crippen molar-refractivity contribution in [3.05, 3.63) is 99.4 Å². The smallest absolute Gasteiger partial charge is 0.271 e. The molecule has 0 heterocycles. The van der Waals surface area contributed by atoms with Gasteiger partial charge in [0, 0.05) is 17.7 Å². The summed E-state index contributed by atoms with van der Waals surface area (Å²) in [6.45, 7) is 0.0543. The fourth-order valence-electron chi connectivity index (χ4n) is 2.85. The Bertz CT molecular complexity index is 1250. The number of carbonyl (C=O) groups is 1. The zero-order chi connectivity index (χ0) is 23.8. The minimum Gasteiger partial charge on any atom is -0.495 e. The monoisotopic (exact) mass is 447 g/mol. The molecule has 0 spiro atoms. The fourth-order valence-corrected chi connectivity index (χ4v) is 2.85. The summed E-state index contributed by atoms with van der Waals surface area (Å²) in [5.41, 5.74) is 0.574. The van der Waals surface area contributed by atoms with Crippen molar-refractivity contribution in [3.8, 4) is 17.6 Å². The number of halogens is 1. The van der Waals surface area contributed by atoms with Crippen LogP contribution in [0.2, 0.25) is 0 Å². The Balaban J connectivity index is 1.72. The van der Waals surface area contributed by atoms with Gasteiger partial charge in [-0.25, -0.2) is 4.39 Å². The van der Waals surface area contributed by atoms with Crippen molar-refractivity contribution in [3.63, 3.8) is 0 Å². The maximum absolute atomic E-state index is 13.7. The summed E-state index contributed by atoms with van der Waals surface area (Å²) < 4.78 is 24.4. The summed E-state index contributed by atoms with van der Waals surface area (Å²) >= 11 is 0. The van der Waals surface area contributed by atoms with Gasteiger partial charge >= 0.3 is 0 Å². The number of nitro groups is 1. The molecule has 3 rings (SSSR count). The van der Waals surface area contributed by atoms with E-state index in [4.69, 9.17) is 9.47 Å². The van der Waals surface area contributed by atoms with Gasteiger partial charge in [-0.05, 0) is 35.9 Å². The van der Waals surface area contributed by atoms with E-state index in [9.17, 15) is 24.6 Å². The highest BCUT2D eigenvalue weighted by Gasteiger charge is 2.16. The number of amides is 1. The number of benzene rings is 3. The SMILES string of the molecule is COc1ccc([N+](=O)[O-])cc1NC(=O)/C(C#N)=C/c1ccc(OCc2ccccc2F)cc1. The lowest BCUT2D eigenvalue weighted by Gasteiger charge is -2.10. The third-order valence-electron chi connectivity index (χ3n) is 4.55. The summed E-state index contributed by atoms with van der Waals surface area (Å²) in [5, 5.41) is 22.9. The molecule has 0 fully saturated rings. The molecule has 0 aliphatic rings. The molecule has 0 aliphatic carbocycles. The van der Waals surface area contributed by atoms with Gasteiger partial charge in [-0.15, -0.1) is 0 Å². The van der Waals surface area contributed by atoms with Crippen molar-refractivity contribution in [2.24, 2.45) is 0 Å². The molecule has 0 atom stereocenters. The standard InChI is InChI=1S/C24H18FN3O5/c1-32-23-11-8-19(28(30)31)13-22(23)27-24(29)18(14-26)12-16-6-9-20(10-7-16)33-15-17-4-2-3-5-21(17)25/h2-13H,15H2,1H3,(H,27,29)/b18-12+. The van der Waals surface area contributed by atoms with E-state index in [-0.39, 0.29) is 35.1 Å². The molecule has 0 aromatic heterocycles. The van der Waals surface area contributed by atoms with Gasteiger partial charge < -0.3 is 14.8 Å². The maximum atomic E-state index is 13.7. The summed E-state index contributed by atoms with van der Waals surface area (Å²) in [6, 6.07) is 18.4. The molecule has 0 radical (unpaired) electrons. The number of non-ortho nitro benzene ring substituents is 1. The van der Waals surface area contributed by atoms with Crippen LogP contribution in [-0.2, 0) is 11.4 Å². The minimum atomic E-state index is -0.754. The Kier molecular flexibility index (Phi) is 7.34. The lowest BCUT2D eigenvalue weighted by Crippen LogP contribution is -2.14.